The van der Waals surface area contributed by atoms with Crippen molar-refractivity contribution in [2.75, 3.05) is 13.2 Å². The van der Waals surface area contributed by atoms with Gasteiger partial charge in [0.25, 0.3) is 0 Å². The third kappa shape index (κ3) is 2.84. The van der Waals surface area contributed by atoms with Crippen molar-refractivity contribution < 1.29 is 9.53 Å². The van der Waals surface area contributed by atoms with Gasteiger partial charge in [0.1, 0.15) is 0 Å². The van der Waals surface area contributed by atoms with E-state index in [9.17, 15) is 4.79 Å². The van der Waals surface area contributed by atoms with Gasteiger partial charge < -0.3 is 9.64 Å². The molecule has 1 saturated carbocycles. The van der Waals surface area contributed by atoms with E-state index in [0.717, 1.165) is 29.8 Å². The maximum atomic E-state index is 12.7. The van der Waals surface area contributed by atoms with E-state index in [4.69, 9.17) is 16.3 Å². The SMILES string of the molecule is C[C@H](c1ccc(Cl)cc1)N(C(=O)[C@@H]1CCOC1)C1CC1. The molecule has 0 bridgehead atoms. The standard InChI is InChI=1S/C16H20ClNO2/c1-11(12-2-4-14(17)5-3-12)18(15-6-7-15)16(19)13-8-9-20-10-13/h2-5,11,13,15H,6-10H2,1H3/t11-,13-/m1/s1. The van der Waals surface area contributed by atoms with Gasteiger partial charge in [-0.2, -0.15) is 0 Å². The lowest BCUT2D eigenvalue weighted by molar-refractivity contribution is -0.138. The van der Waals surface area contributed by atoms with Crippen LogP contribution in [-0.2, 0) is 9.53 Å². The number of nitrogens with zero attached hydrogens (tertiary/aromatic N) is 1. The van der Waals surface area contributed by atoms with Gasteiger partial charge in [-0.05, 0) is 43.9 Å². The lowest BCUT2D eigenvalue weighted by Crippen LogP contribution is -2.40. The number of hydrogen-bond acceptors (Lipinski definition) is 2. The van der Waals surface area contributed by atoms with Crippen LogP contribution < -0.4 is 0 Å². The highest BCUT2D eigenvalue weighted by Crippen LogP contribution is 2.36. The molecule has 3 rings (SSSR count). The normalized spacial score (nSPS) is 23.6. The van der Waals surface area contributed by atoms with Crippen LogP contribution in [0.2, 0.25) is 5.02 Å². The van der Waals surface area contributed by atoms with Crippen molar-refractivity contribution in [1.82, 2.24) is 4.90 Å². The molecule has 20 heavy (non-hydrogen) atoms. The van der Waals surface area contributed by atoms with Crippen LogP contribution in [0.3, 0.4) is 0 Å². The summed E-state index contributed by atoms with van der Waals surface area (Å²) in [5, 5.41) is 0.731. The molecule has 1 aliphatic heterocycles. The summed E-state index contributed by atoms with van der Waals surface area (Å²) in [4.78, 5) is 14.8. The topological polar surface area (TPSA) is 29.5 Å². The van der Waals surface area contributed by atoms with E-state index < -0.39 is 0 Å². The lowest BCUT2D eigenvalue weighted by Gasteiger charge is -2.31. The summed E-state index contributed by atoms with van der Waals surface area (Å²) in [5.41, 5.74) is 1.15. The summed E-state index contributed by atoms with van der Waals surface area (Å²) in [5.74, 6) is 0.304. The third-order valence-corrected chi connectivity index (χ3v) is 4.50. The van der Waals surface area contributed by atoms with Crippen LogP contribution in [0.4, 0.5) is 0 Å². The van der Waals surface area contributed by atoms with Crippen molar-refractivity contribution in [2.24, 2.45) is 5.92 Å². The van der Waals surface area contributed by atoms with Gasteiger partial charge in [0, 0.05) is 17.7 Å². The number of carbonyl (C=O) groups excluding carboxylic acids is 1. The summed E-state index contributed by atoms with van der Waals surface area (Å²) in [7, 11) is 0. The molecule has 1 aliphatic carbocycles. The molecular weight excluding hydrogens is 274 g/mol. The molecule has 1 heterocycles. The summed E-state index contributed by atoms with van der Waals surface area (Å²) in [6, 6.07) is 8.33. The van der Waals surface area contributed by atoms with Crippen LogP contribution in [0.5, 0.6) is 0 Å². The van der Waals surface area contributed by atoms with Gasteiger partial charge in [-0.3, -0.25) is 4.79 Å². The Morgan fingerprint density at radius 3 is 2.55 bits per heavy atom. The number of hydrogen-bond donors (Lipinski definition) is 0. The minimum atomic E-state index is 0.0466. The number of carbonyl (C=O) groups is 1. The van der Waals surface area contributed by atoms with Crippen LogP contribution in [0.15, 0.2) is 24.3 Å². The zero-order valence-electron chi connectivity index (χ0n) is 11.7. The Morgan fingerprint density at radius 1 is 1.30 bits per heavy atom. The van der Waals surface area contributed by atoms with E-state index in [-0.39, 0.29) is 17.9 Å². The maximum absolute atomic E-state index is 12.7. The first kappa shape index (κ1) is 13.9. The molecule has 0 spiro atoms. The van der Waals surface area contributed by atoms with Crippen molar-refractivity contribution >= 4 is 17.5 Å². The fourth-order valence-corrected chi connectivity index (χ4v) is 3.01. The van der Waals surface area contributed by atoms with E-state index >= 15 is 0 Å². The second-order valence-corrected chi connectivity index (χ2v) is 6.20. The van der Waals surface area contributed by atoms with E-state index in [1.807, 2.05) is 24.3 Å². The number of rotatable bonds is 4. The van der Waals surface area contributed by atoms with Gasteiger partial charge in [0.2, 0.25) is 5.91 Å². The molecule has 0 aromatic heterocycles. The number of amides is 1. The Kier molecular flexibility index (Phi) is 3.99. The second kappa shape index (κ2) is 5.74. The molecule has 4 heteroatoms. The van der Waals surface area contributed by atoms with Gasteiger partial charge >= 0.3 is 0 Å². The fourth-order valence-electron chi connectivity index (χ4n) is 2.88. The van der Waals surface area contributed by atoms with Crippen LogP contribution >= 0.6 is 11.6 Å². The molecule has 0 unspecified atom stereocenters. The van der Waals surface area contributed by atoms with Gasteiger partial charge in [-0.1, -0.05) is 23.7 Å². The zero-order valence-corrected chi connectivity index (χ0v) is 12.5. The van der Waals surface area contributed by atoms with Gasteiger partial charge in [0.05, 0.1) is 18.6 Å². The first-order valence-electron chi connectivity index (χ1n) is 7.32. The quantitative estimate of drug-likeness (QED) is 0.851. The Morgan fingerprint density at radius 2 is 2.00 bits per heavy atom. The largest absolute Gasteiger partial charge is 0.381 e. The molecule has 0 N–H and O–H groups in total. The first-order valence-corrected chi connectivity index (χ1v) is 7.70. The third-order valence-electron chi connectivity index (χ3n) is 4.24. The second-order valence-electron chi connectivity index (χ2n) is 5.76. The molecule has 108 valence electrons. The summed E-state index contributed by atoms with van der Waals surface area (Å²) in [6.45, 7) is 3.40. The fraction of sp³-hybridized carbons (Fsp3) is 0.562. The molecule has 2 atom stereocenters. The van der Waals surface area contributed by atoms with Crippen LogP contribution in [0, 0.1) is 5.92 Å². The summed E-state index contributed by atoms with van der Waals surface area (Å²) >= 11 is 5.94. The van der Waals surface area contributed by atoms with E-state index in [1.54, 1.807) is 0 Å². The van der Waals surface area contributed by atoms with E-state index in [0.29, 0.717) is 19.3 Å². The molecule has 1 aromatic rings. The first-order chi connectivity index (χ1) is 9.66. The molecule has 1 amide bonds. The monoisotopic (exact) mass is 293 g/mol. The molecule has 2 fully saturated rings. The number of halogens is 1. The molecule has 1 aromatic carbocycles. The Balaban J connectivity index is 1.79. The average molecular weight is 294 g/mol. The Bertz CT molecular complexity index is 478. The summed E-state index contributed by atoms with van der Waals surface area (Å²) in [6.07, 6.45) is 3.10. The predicted octanol–water partition coefficient (Wildman–Crippen LogP) is 3.43. The average Bonchev–Trinajstić information content (AvgIpc) is 3.12. The van der Waals surface area contributed by atoms with Crippen LogP contribution in [0.1, 0.15) is 37.8 Å². The van der Waals surface area contributed by atoms with Crippen molar-refractivity contribution in [3.05, 3.63) is 34.9 Å². The maximum Gasteiger partial charge on any atom is 0.228 e. The van der Waals surface area contributed by atoms with Gasteiger partial charge in [-0.25, -0.2) is 0 Å². The zero-order chi connectivity index (χ0) is 14.1. The van der Waals surface area contributed by atoms with E-state index in [1.165, 1.54) is 0 Å². The lowest BCUT2D eigenvalue weighted by atomic mass is 10.0. The number of benzene rings is 1. The van der Waals surface area contributed by atoms with Crippen molar-refractivity contribution in [1.29, 1.82) is 0 Å². The molecule has 2 aliphatic rings. The van der Waals surface area contributed by atoms with Crippen molar-refractivity contribution in [3.8, 4) is 0 Å². The predicted molar refractivity (Wildman–Crippen MR) is 78.7 cm³/mol. The highest BCUT2D eigenvalue weighted by molar-refractivity contribution is 6.30. The number of ether oxygens (including phenoxy) is 1. The molecule has 3 nitrogen and oxygen atoms in total. The van der Waals surface area contributed by atoms with Crippen molar-refractivity contribution in [2.45, 2.75) is 38.3 Å². The molecule has 0 radical (unpaired) electrons. The van der Waals surface area contributed by atoms with Gasteiger partial charge in [-0.15, -0.1) is 0 Å². The van der Waals surface area contributed by atoms with E-state index in [2.05, 4.69) is 11.8 Å². The minimum absolute atomic E-state index is 0.0466. The van der Waals surface area contributed by atoms with Crippen LogP contribution in [0.25, 0.3) is 0 Å². The highest BCUT2D eigenvalue weighted by atomic mass is 35.5. The summed E-state index contributed by atoms with van der Waals surface area (Å²) < 4.78 is 5.36. The minimum Gasteiger partial charge on any atom is -0.381 e. The van der Waals surface area contributed by atoms with Gasteiger partial charge in [0.15, 0.2) is 0 Å². The smallest absolute Gasteiger partial charge is 0.228 e. The highest BCUT2D eigenvalue weighted by Gasteiger charge is 2.39. The Labute approximate surface area is 124 Å². The van der Waals surface area contributed by atoms with Crippen molar-refractivity contribution in [3.63, 3.8) is 0 Å². The molecular formula is C16H20ClNO2. The molecule has 1 saturated heterocycles. The Hall–Kier alpha value is -1.06. The van der Waals surface area contributed by atoms with Crippen LogP contribution in [-0.4, -0.2) is 30.1 Å².